The Morgan fingerprint density at radius 3 is 2.50 bits per heavy atom. The Morgan fingerprint density at radius 2 is 1.82 bits per heavy atom. The van der Waals surface area contributed by atoms with E-state index in [1.165, 1.54) is 11.3 Å². The molecule has 22 heavy (non-hydrogen) atoms. The molecule has 0 aliphatic rings. The van der Waals surface area contributed by atoms with Crippen molar-refractivity contribution in [3.8, 4) is 11.5 Å². The largest absolute Gasteiger partial charge is 0.490 e. The molecule has 0 aliphatic heterocycles. The third-order valence-electron chi connectivity index (χ3n) is 3.56. The number of rotatable bonds is 9. The number of aryl methyl sites for hydroxylation is 1. The molecule has 0 amide bonds. The SMILES string of the molecule is CCOc1ccc(CCNCc2cccn2C)cc1OCC. The zero-order valence-corrected chi connectivity index (χ0v) is 13.8. The Morgan fingerprint density at radius 1 is 1.05 bits per heavy atom. The van der Waals surface area contributed by atoms with Gasteiger partial charge in [-0.2, -0.15) is 0 Å². The number of hydrogen-bond acceptors (Lipinski definition) is 3. The van der Waals surface area contributed by atoms with Gasteiger partial charge in [-0.1, -0.05) is 6.07 Å². The Hall–Kier alpha value is -1.94. The van der Waals surface area contributed by atoms with Crippen LogP contribution in [0.1, 0.15) is 25.1 Å². The molecule has 0 aliphatic carbocycles. The highest BCUT2D eigenvalue weighted by Crippen LogP contribution is 2.28. The zero-order chi connectivity index (χ0) is 15.8. The van der Waals surface area contributed by atoms with E-state index in [-0.39, 0.29) is 0 Å². The van der Waals surface area contributed by atoms with Gasteiger partial charge in [0, 0.05) is 25.5 Å². The average Bonchev–Trinajstić information content (AvgIpc) is 2.92. The molecule has 1 aromatic carbocycles. The summed E-state index contributed by atoms with van der Waals surface area (Å²) in [6.45, 7) is 7.09. The van der Waals surface area contributed by atoms with E-state index in [2.05, 4.69) is 47.4 Å². The number of benzene rings is 1. The van der Waals surface area contributed by atoms with Gasteiger partial charge < -0.3 is 19.4 Å². The van der Waals surface area contributed by atoms with Crippen LogP contribution in [-0.2, 0) is 20.0 Å². The second-order valence-electron chi connectivity index (χ2n) is 5.18. The van der Waals surface area contributed by atoms with E-state index < -0.39 is 0 Å². The van der Waals surface area contributed by atoms with Gasteiger partial charge in [-0.3, -0.25) is 0 Å². The van der Waals surface area contributed by atoms with Crippen molar-refractivity contribution in [1.82, 2.24) is 9.88 Å². The van der Waals surface area contributed by atoms with Crippen molar-refractivity contribution < 1.29 is 9.47 Å². The first-order valence-electron chi connectivity index (χ1n) is 7.94. The summed E-state index contributed by atoms with van der Waals surface area (Å²) in [4.78, 5) is 0. The first-order chi connectivity index (χ1) is 10.7. The van der Waals surface area contributed by atoms with Gasteiger partial charge >= 0.3 is 0 Å². The van der Waals surface area contributed by atoms with Crippen LogP contribution in [0.3, 0.4) is 0 Å². The highest BCUT2D eigenvalue weighted by Gasteiger charge is 2.06. The average molecular weight is 302 g/mol. The highest BCUT2D eigenvalue weighted by atomic mass is 16.5. The predicted molar refractivity (Wildman–Crippen MR) is 89.6 cm³/mol. The molecule has 0 saturated carbocycles. The molecule has 2 rings (SSSR count). The lowest BCUT2D eigenvalue weighted by atomic mass is 10.1. The lowest BCUT2D eigenvalue weighted by molar-refractivity contribution is 0.287. The van der Waals surface area contributed by atoms with Crippen LogP contribution < -0.4 is 14.8 Å². The number of nitrogens with zero attached hydrogens (tertiary/aromatic N) is 1. The lowest BCUT2D eigenvalue weighted by Crippen LogP contribution is -2.18. The Kier molecular flexibility index (Phi) is 6.34. The number of aromatic nitrogens is 1. The minimum atomic E-state index is 0.648. The summed E-state index contributed by atoms with van der Waals surface area (Å²) in [6.07, 6.45) is 3.04. The minimum absolute atomic E-state index is 0.648. The Bertz CT molecular complexity index is 578. The summed E-state index contributed by atoms with van der Waals surface area (Å²) < 4.78 is 13.4. The molecule has 2 aromatic rings. The topological polar surface area (TPSA) is 35.4 Å². The zero-order valence-electron chi connectivity index (χ0n) is 13.8. The van der Waals surface area contributed by atoms with E-state index in [9.17, 15) is 0 Å². The van der Waals surface area contributed by atoms with E-state index in [1.54, 1.807) is 0 Å². The fraction of sp³-hybridized carbons (Fsp3) is 0.444. The van der Waals surface area contributed by atoms with Crippen LogP contribution in [0.2, 0.25) is 0 Å². The van der Waals surface area contributed by atoms with E-state index >= 15 is 0 Å². The monoisotopic (exact) mass is 302 g/mol. The molecule has 0 unspecified atom stereocenters. The second-order valence-corrected chi connectivity index (χ2v) is 5.18. The van der Waals surface area contributed by atoms with Crippen LogP contribution in [0, 0.1) is 0 Å². The molecule has 0 radical (unpaired) electrons. The fourth-order valence-corrected chi connectivity index (χ4v) is 2.38. The first-order valence-corrected chi connectivity index (χ1v) is 7.94. The third kappa shape index (κ3) is 4.53. The Balaban J connectivity index is 1.86. The predicted octanol–water partition coefficient (Wildman–Crippen LogP) is 3.15. The van der Waals surface area contributed by atoms with Crippen molar-refractivity contribution in [3.05, 3.63) is 47.8 Å². The van der Waals surface area contributed by atoms with Crippen LogP contribution in [0.4, 0.5) is 0 Å². The number of ether oxygens (including phenoxy) is 2. The van der Waals surface area contributed by atoms with Gasteiger partial charge in [0.2, 0.25) is 0 Å². The number of nitrogens with one attached hydrogen (secondary N) is 1. The summed E-state index contributed by atoms with van der Waals surface area (Å²) in [7, 11) is 2.07. The van der Waals surface area contributed by atoms with Crippen molar-refractivity contribution >= 4 is 0 Å². The Labute approximate surface area is 133 Å². The summed E-state index contributed by atoms with van der Waals surface area (Å²) in [5.74, 6) is 1.66. The standard InChI is InChI=1S/C18H26N2O2/c1-4-21-17-9-8-15(13-18(17)22-5-2)10-11-19-14-16-7-6-12-20(16)3/h6-9,12-13,19H,4-5,10-11,14H2,1-3H3. The van der Waals surface area contributed by atoms with Gasteiger partial charge in [-0.15, -0.1) is 0 Å². The van der Waals surface area contributed by atoms with E-state index in [0.29, 0.717) is 13.2 Å². The van der Waals surface area contributed by atoms with Crippen molar-refractivity contribution in [1.29, 1.82) is 0 Å². The molecule has 0 atom stereocenters. The van der Waals surface area contributed by atoms with Gasteiger partial charge in [0.1, 0.15) is 0 Å². The highest BCUT2D eigenvalue weighted by molar-refractivity contribution is 5.43. The fourth-order valence-electron chi connectivity index (χ4n) is 2.38. The molecule has 1 N–H and O–H groups in total. The summed E-state index contributed by atoms with van der Waals surface area (Å²) in [6, 6.07) is 10.4. The van der Waals surface area contributed by atoms with Crippen LogP contribution in [-0.4, -0.2) is 24.3 Å². The molecule has 4 heteroatoms. The summed E-state index contributed by atoms with van der Waals surface area (Å²) >= 11 is 0. The molecule has 4 nitrogen and oxygen atoms in total. The number of hydrogen-bond donors (Lipinski definition) is 1. The molecule has 0 fully saturated rings. The molecule has 1 heterocycles. The van der Waals surface area contributed by atoms with Gasteiger partial charge in [0.05, 0.1) is 13.2 Å². The lowest BCUT2D eigenvalue weighted by Gasteiger charge is -2.12. The minimum Gasteiger partial charge on any atom is -0.490 e. The van der Waals surface area contributed by atoms with Crippen LogP contribution in [0.15, 0.2) is 36.5 Å². The summed E-state index contributed by atoms with van der Waals surface area (Å²) in [5.41, 5.74) is 2.55. The van der Waals surface area contributed by atoms with Gasteiger partial charge in [-0.05, 0) is 56.6 Å². The molecular formula is C18H26N2O2. The van der Waals surface area contributed by atoms with E-state index in [1.807, 2.05) is 19.9 Å². The van der Waals surface area contributed by atoms with Crippen LogP contribution in [0.25, 0.3) is 0 Å². The maximum atomic E-state index is 5.66. The van der Waals surface area contributed by atoms with Crippen molar-refractivity contribution in [2.24, 2.45) is 7.05 Å². The van der Waals surface area contributed by atoms with E-state index in [0.717, 1.165) is 31.0 Å². The molecular weight excluding hydrogens is 276 g/mol. The van der Waals surface area contributed by atoms with Crippen molar-refractivity contribution in [2.75, 3.05) is 19.8 Å². The van der Waals surface area contributed by atoms with Crippen molar-refractivity contribution in [2.45, 2.75) is 26.8 Å². The molecule has 0 spiro atoms. The maximum absolute atomic E-state index is 5.66. The first kappa shape index (κ1) is 16.4. The normalized spacial score (nSPS) is 10.7. The van der Waals surface area contributed by atoms with Gasteiger partial charge in [0.15, 0.2) is 11.5 Å². The molecule has 0 bridgehead atoms. The van der Waals surface area contributed by atoms with Gasteiger partial charge in [-0.25, -0.2) is 0 Å². The summed E-state index contributed by atoms with van der Waals surface area (Å²) in [5, 5.41) is 3.48. The quantitative estimate of drug-likeness (QED) is 0.723. The van der Waals surface area contributed by atoms with Crippen LogP contribution in [0.5, 0.6) is 11.5 Å². The van der Waals surface area contributed by atoms with Gasteiger partial charge in [0.25, 0.3) is 0 Å². The molecule has 0 saturated heterocycles. The molecule has 1 aromatic heterocycles. The second kappa shape index (κ2) is 8.49. The molecule has 120 valence electrons. The third-order valence-corrected chi connectivity index (χ3v) is 3.56. The maximum Gasteiger partial charge on any atom is 0.161 e. The van der Waals surface area contributed by atoms with E-state index in [4.69, 9.17) is 9.47 Å². The smallest absolute Gasteiger partial charge is 0.161 e. The van der Waals surface area contributed by atoms with Crippen LogP contribution >= 0.6 is 0 Å². The van der Waals surface area contributed by atoms with Crippen molar-refractivity contribution in [3.63, 3.8) is 0 Å².